The van der Waals surface area contributed by atoms with Crippen molar-refractivity contribution in [3.63, 3.8) is 0 Å². The van der Waals surface area contributed by atoms with E-state index in [2.05, 4.69) is 37.6 Å². The lowest BCUT2D eigenvalue weighted by Gasteiger charge is -2.41. The van der Waals surface area contributed by atoms with E-state index < -0.39 is 0 Å². The Morgan fingerprint density at radius 1 is 1.25 bits per heavy atom. The van der Waals surface area contributed by atoms with E-state index in [4.69, 9.17) is 0 Å². The van der Waals surface area contributed by atoms with Crippen molar-refractivity contribution in [2.24, 2.45) is 5.41 Å². The molecule has 0 spiro atoms. The van der Waals surface area contributed by atoms with E-state index in [1.807, 2.05) is 7.05 Å². The Kier molecular flexibility index (Phi) is 4.42. The zero-order valence-electron chi connectivity index (χ0n) is 15.1. The number of thiazole rings is 1. The zero-order valence-corrected chi connectivity index (χ0v) is 15.9. The number of anilines is 1. The number of nitrogens with zero attached hydrogens (tertiary/aromatic N) is 4. The molecule has 6 nitrogen and oxygen atoms in total. The molecule has 1 aliphatic carbocycles. The summed E-state index contributed by atoms with van der Waals surface area (Å²) >= 11 is 1.37. The minimum atomic E-state index is -0.0547. The Balaban J connectivity index is 1.91. The number of fused-ring (bicyclic) bond motifs is 1. The fourth-order valence-electron chi connectivity index (χ4n) is 3.33. The average molecular weight is 350 g/mol. The summed E-state index contributed by atoms with van der Waals surface area (Å²) in [7, 11) is 1.81. The van der Waals surface area contributed by atoms with Crippen LogP contribution < -0.4 is 4.90 Å². The first-order valence-electron chi connectivity index (χ1n) is 8.51. The average Bonchev–Trinajstić information content (AvgIpc) is 2.91. The van der Waals surface area contributed by atoms with Gasteiger partial charge in [-0.15, -0.1) is 0 Å². The fraction of sp³-hybridized carbons (Fsp3) is 0.706. The molecule has 1 unspecified atom stereocenters. The predicted molar refractivity (Wildman–Crippen MR) is 95.5 cm³/mol. The third kappa shape index (κ3) is 3.07. The molecular formula is C17H26N4O2S. The summed E-state index contributed by atoms with van der Waals surface area (Å²) in [6, 6.07) is 0.338. The van der Waals surface area contributed by atoms with E-state index in [0.717, 1.165) is 23.4 Å². The first kappa shape index (κ1) is 17.4. The highest BCUT2D eigenvalue weighted by Gasteiger charge is 2.37. The number of urea groups is 1. The highest BCUT2D eigenvalue weighted by molar-refractivity contribution is 7.17. The molecule has 0 radical (unpaired) electrons. The van der Waals surface area contributed by atoms with Crippen LogP contribution in [0.5, 0.6) is 0 Å². The number of hydrogen-bond acceptors (Lipinski definition) is 5. The van der Waals surface area contributed by atoms with Crippen molar-refractivity contribution < 1.29 is 9.59 Å². The maximum atomic E-state index is 12.6. The topological polar surface area (TPSA) is 56.8 Å². The minimum absolute atomic E-state index is 0.0487. The van der Waals surface area contributed by atoms with Crippen LogP contribution in [-0.4, -0.2) is 53.0 Å². The predicted octanol–water partition coefficient (Wildman–Crippen LogP) is 3.19. The van der Waals surface area contributed by atoms with Gasteiger partial charge in [0.05, 0.1) is 23.9 Å². The van der Waals surface area contributed by atoms with Gasteiger partial charge in [-0.05, 0) is 25.2 Å². The van der Waals surface area contributed by atoms with Gasteiger partial charge in [-0.3, -0.25) is 14.6 Å². The van der Waals surface area contributed by atoms with E-state index in [0.29, 0.717) is 30.9 Å². The van der Waals surface area contributed by atoms with Crippen LogP contribution in [0.15, 0.2) is 0 Å². The lowest BCUT2D eigenvalue weighted by molar-refractivity contribution is 0.0916. The summed E-state index contributed by atoms with van der Waals surface area (Å²) in [4.78, 5) is 36.1. The molecule has 2 amide bonds. The maximum absolute atomic E-state index is 12.6. The lowest BCUT2D eigenvalue weighted by atomic mass is 9.78. The molecule has 0 bridgehead atoms. The molecule has 7 heteroatoms. The first-order valence-corrected chi connectivity index (χ1v) is 9.33. The SMILES string of the molecule is CCC(C)N1CN(C)C(=O)N(c2nc3c(s2)C(=O)CC(C)(C)C3)C1. The van der Waals surface area contributed by atoms with Crippen molar-refractivity contribution in [1.29, 1.82) is 0 Å². The van der Waals surface area contributed by atoms with E-state index in [9.17, 15) is 9.59 Å². The summed E-state index contributed by atoms with van der Waals surface area (Å²) in [5, 5.41) is 0.649. The molecule has 0 aromatic carbocycles. The van der Waals surface area contributed by atoms with Gasteiger partial charge in [0.2, 0.25) is 0 Å². The highest BCUT2D eigenvalue weighted by Crippen LogP contribution is 2.39. The van der Waals surface area contributed by atoms with Gasteiger partial charge < -0.3 is 4.90 Å². The number of rotatable bonds is 3. The molecule has 3 rings (SSSR count). The molecule has 0 N–H and O–H groups in total. The molecule has 24 heavy (non-hydrogen) atoms. The van der Waals surface area contributed by atoms with E-state index in [1.165, 1.54) is 11.3 Å². The maximum Gasteiger partial charge on any atom is 0.328 e. The van der Waals surface area contributed by atoms with Crippen molar-refractivity contribution in [2.75, 3.05) is 25.3 Å². The van der Waals surface area contributed by atoms with E-state index in [-0.39, 0.29) is 17.2 Å². The van der Waals surface area contributed by atoms with Gasteiger partial charge >= 0.3 is 6.03 Å². The molecule has 2 aliphatic rings. The Labute approximate surface area is 147 Å². The van der Waals surface area contributed by atoms with Crippen LogP contribution in [0.3, 0.4) is 0 Å². The number of hydrogen-bond donors (Lipinski definition) is 0. The van der Waals surface area contributed by atoms with Crippen molar-refractivity contribution in [3.05, 3.63) is 10.6 Å². The molecule has 1 fully saturated rings. The summed E-state index contributed by atoms with van der Waals surface area (Å²) < 4.78 is 0. The molecule has 1 saturated heterocycles. The Bertz CT molecular complexity index is 670. The molecule has 1 aromatic rings. The van der Waals surface area contributed by atoms with Gasteiger partial charge in [0.1, 0.15) is 0 Å². The van der Waals surface area contributed by atoms with Gasteiger partial charge in [-0.25, -0.2) is 9.78 Å². The van der Waals surface area contributed by atoms with Gasteiger partial charge in [0, 0.05) is 19.5 Å². The number of carbonyl (C=O) groups excluding carboxylic acids is 2. The number of aromatic nitrogens is 1. The van der Waals surface area contributed by atoms with Crippen LogP contribution in [0, 0.1) is 5.41 Å². The van der Waals surface area contributed by atoms with Crippen LogP contribution >= 0.6 is 11.3 Å². The first-order chi connectivity index (χ1) is 11.2. The molecule has 0 saturated carbocycles. The molecule has 1 aromatic heterocycles. The second-order valence-corrected chi connectivity index (χ2v) is 8.73. The van der Waals surface area contributed by atoms with Crippen LogP contribution in [0.25, 0.3) is 0 Å². The summed E-state index contributed by atoms with van der Waals surface area (Å²) in [5.74, 6) is 0.154. The van der Waals surface area contributed by atoms with Crippen molar-refractivity contribution in [1.82, 2.24) is 14.8 Å². The standard InChI is InChI=1S/C17H26N4O2S/c1-6-11(2)20-9-19(5)16(23)21(10-20)15-18-12-7-17(3,4)8-13(22)14(12)24-15/h11H,6-10H2,1-5H3. The second kappa shape index (κ2) is 6.11. The van der Waals surface area contributed by atoms with Crippen LogP contribution in [0.4, 0.5) is 9.93 Å². The van der Waals surface area contributed by atoms with Gasteiger partial charge in [0.25, 0.3) is 0 Å². The molecular weight excluding hydrogens is 324 g/mol. The monoisotopic (exact) mass is 350 g/mol. The normalized spacial score (nSPS) is 22.7. The van der Waals surface area contributed by atoms with Crippen LogP contribution in [0.2, 0.25) is 0 Å². The second-order valence-electron chi connectivity index (χ2n) is 7.75. The van der Waals surface area contributed by atoms with Crippen molar-refractivity contribution >= 4 is 28.3 Å². The van der Waals surface area contributed by atoms with Crippen LogP contribution in [0.1, 0.15) is 55.9 Å². The molecule has 1 aliphatic heterocycles. The lowest BCUT2D eigenvalue weighted by Crippen LogP contribution is -2.59. The quantitative estimate of drug-likeness (QED) is 0.840. The van der Waals surface area contributed by atoms with Crippen molar-refractivity contribution in [2.45, 2.75) is 53.0 Å². The Morgan fingerprint density at radius 3 is 2.62 bits per heavy atom. The zero-order chi connectivity index (χ0) is 17.6. The summed E-state index contributed by atoms with van der Waals surface area (Å²) in [6.45, 7) is 9.66. The fourth-order valence-corrected chi connectivity index (χ4v) is 4.33. The number of ketones is 1. The minimum Gasteiger partial charge on any atom is -0.314 e. The van der Waals surface area contributed by atoms with Gasteiger partial charge in [0.15, 0.2) is 10.9 Å². The van der Waals surface area contributed by atoms with Crippen LogP contribution in [-0.2, 0) is 6.42 Å². The number of Topliss-reactive ketones (excluding diaryl/α,β-unsaturated/α-hetero) is 1. The molecule has 1 atom stereocenters. The van der Waals surface area contributed by atoms with Crippen molar-refractivity contribution in [3.8, 4) is 0 Å². The largest absolute Gasteiger partial charge is 0.328 e. The van der Waals surface area contributed by atoms with Gasteiger partial charge in [-0.2, -0.15) is 0 Å². The number of amides is 2. The Hall–Kier alpha value is -1.47. The molecule has 2 heterocycles. The smallest absolute Gasteiger partial charge is 0.314 e. The summed E-state index contributed by atoms with van der Waals surface area (Å²) in [6.07, 6.45) is 2.36. The number of carbonyl (C=O) groups is 2. The summed E-state index contributed by atoms with van der Waals surface area (Å²) in [5.41, 5.74) is 0.799. The Morgan fingerprint density at radius 2 is 1.96 bits per heavy atom. The third-order valence-electron chi connectivity index (χ3n) is 4.94. The van der Waals surface area contributed by atoms with E-state index in [1.54, 1.807) is 9.80 Å². The highest BCUT2D eigenvalue weighted by atomic mass is 32.1. The third-order valence-corrected chi connectivity index (χ3v) is 6.11. The van der Waals surface area contributed by atoms with Gasteiger partial charge in [-0.1, -0.05) is 32.1 Å². The van der Waals surface area contributed by atoms with E-state index >= 15 is 0 Å². The molecule has 132 valence electrons.